The molecule has 5 nitrogen and oxygen atoms in total. The molecule has 0 unspecified atom stereocenters. The van der Waals surface area contributed by atoms with Crippen molar-refractivity contribution < 1.29 is 19.1 Å². The summed E-state index contributed by atoms with van der Waals surface area (Å²) in [6.45, 7) is 7.24. The number of ether oxygens (including phenoxy) is 2. The minimum absolute atomic E-state index is 0.0214. The summed E-state index contributed by atoms with van der Waals surface area (Å²) in [6.07, 6.45) is 2.01. The molecule has 1 aromatic rings. The summed E-state index contributed by atoms with van der Waals surface area (Å²) >= 11 is 0. The number of benzene rings is 1. The van der Waals surface area contributed by atoms with Gasteiger partial charge in [-0.3, -0.25) is 9.59 Å². The van der Waals surface area contributed by atoms with E-state index in [-0.39, 0.29) is 24.9 Å². The molecular weight excluding hydrogens is 306 g/mol. The molecule has 1 amide bonds. The Labute approximate surface area is 144 Å². The summed E-state index contributed by atoms with van der Waals surface area (Å²) in [6, 6.07) is 7.74. The fraction of sp³-hybridized carbons (Fsp3) is 0.579. The topological polar surface area (TPSA) is 55.8 Å². The van der Waals surface area contributed by atoms with Gasteiger partial charge in [0.1, 0.15) is 5.75 Å². The van der Waals surface area contributed by atoms with Crippen LogP contribution in [0.5, 0.6) is 5.75 Å². The molecule has 0 bridgehead atoms. The van der Waals surface area contributed by atoms with Crippen LogP contribution >= 0.6 is 0 Å². The van der Waals surface area contributed by atoms with Crippen molar-refractivity contribution in [2.45, 2.75) is 40.0 Å². The molecule has 1 rings (SSSR count). The molecule has 1 aromatic carbocycles. The standard InChI is InChI=1S/C19H29NO4/c1-5-16-7-6-8-17(13-16)24-14-18(21)20(11-9-15(2)3)12-10-19(22)23-4/h6-8,13,15H,5,9-12,14H2,1-4H3. The van der Waals surface area contributed by atoms with E-state index in [4.69, 9.17) is 4.74 Å². The SMILES string of the molecule is CCc1cccc(OCC(=O)N(CCC(=O)OC)CCC(C)C)c1. The lowest BCUT2D eigenvalue weighted by Gasteiger charge is -2.23. The van der Waals surface area contributed by atoms with Crippen LogP contribution in [0.15, 0.2) is 24.3 Å². The average molecular weight is 335 g/mol. The molecule has 0 N–H and O–H groups in total. The number of amides is 1. The summed E-state index contributed by atoms with van der Waals surface area (Å²) in [5.41, 5.74) is 1.17. The van der Waals surface area contributed by atoms with Crippen molar-refractivity contribution in [1.29, 1.82) is 0 Å². The van der Waals surface area contributed by atoms with E-state index >= 15 is 0 Å². The molecular formula is C19H29NO4. The third-order valence-corrected chi connectivity index (χ3v) is 3.81. The van der Waals surface area contributed by atoms with Crippen molar-refractivity contribution in [1.82, 2.24) is 4.90 Å². The molecule has 24 heavy (non-hydrogen) atoms. The third kappa shape index (κ3) is 7.49. The number of carbonyl (C=O) groups excluding carboxylic acids is 2. The normalized spacial score (nSPS) is 10.5. The van der Waals surface area contributed by atoms with E-state index < -0.39 is 0 Å². The Kier molecular flexibility index (Phi) is 8.90. The van der Waals surface area contributed by atoms with Gasteiger partial charge in [-0.2, -0.15) is 0 Å². The molecule has 0 atom stereocenters. The monoisotopic (exact) mass is 335 g/mol. The van der Waals surface area contributed by atoms with Crippen LogP contribution < -0.4 is 4.74 Å². The third-order valence-electron chi connectivity index (χ3n) is 3.81. The number of nitrogens with zero attached hydrogens (tertiary/aromatic N) is 1. The number of carbonyl (C=O) groups is 2. The van der Waals surface area contributed by atoms with Gasteiger partial charge >= 0.3 is 5.97 Å². The predicted molar refractivity (Wildman–Crippen MR) is 94.0 cm³/mol. The Morgan fingerprint density at radius 3 is 2.58 bits per heavy atom. The molecule has 0 saturated carbocycles. The lowest BCUT2D eigenvalue weighted by Crippen LogP contribution is -2.37. The van der Waals surface area contributed by atoms with Crippen LogP contribution in [0.25, 0.3) is 0 Å². The van der Waals surface area contributed by atoms with Gasteiger partial charge in [0.15, 0.2) is 6.61 Å². The Hall–Kier alpha value is -2.04. The van der Waals surface area contributed by atoms with Gasteiger partial charge in [0, 0.05) is 13.1 Å². The molecule has 134 valence electrons. The first-order chi connectivity index (χ1) is 11.5. The average Bonchev–Trinajstić information content (AvgIpc) is 2.59. The van der Waals surface area contributed by atoms with E-state index in [0.29, 0.717) is 24.8 Å². The van der Waals surface area contributed by atoms with Gasteiger partial charge < -0.3 is 14.4 Å². The number of hydrogen-bond acceptors (Lipinski definition) is 4. The quantitative estimate of drug-likeness (QED) is 0.617. The maximum atomic E-state index is 12.4. The highest BCUT2D eigenvalue weighted by Gasteiger charge is 2.16. The minimum atomic E-state index is -0.311. The molecule has 5 heteroatoms. The predicted octanol–water partition coefficient (Wildman–Crippen LogP) is 3.07. The zero-order valence-corrected chi connectivity index (χ0v) is 15.2. The maximum absolute atomic E-state index is 12.4. The smallest absolute Gasteiger partial charge is 0.307 e. The van der Waals surface area contributed by atoms with Crippen molar-refractivity contribution in [2.75, 3.05) is 26.8 Å². The lowest BCUT2D eigenvalue weighted by molar-refractivity contribution is -0.142. The van der Waals surface area contributed by atoms with Crippen molar-refractivity contribution in [3.8, 4) is 5.75 Å². The zero-order valence-electron chi connectivity index (χ0n) is 15.2. The summed E-state index contributed by atoms with van der Waals surface area (Å²) in [5.74, 6) is 0.760. The highest BCUT2D eigenvalue weighted by molar-refractivity contribution is 5.78. The van der Waals surface area contributed by atoms with Crippen molar-refractivity contribution in [2.24, 2.45) is 5.92 Å². The Morgan fingerprint density at radius 1 is 1.21 bits per heavy atom. The van der Waals surface area contributed by atoms with Crippen molar-refractivity contribution in [3.63, 3.8) is 0 Å². The highest BCUT2D eigenvalue weighted by atomic mass is 16.5. The largest absolute Gasteiger partial charge is 0.484 e. The molecule has 0 fully saturated rings. The first-order valence-electron chi connectivity index (χ1n) is 8.52. The molecule has 0 spiro atoms. The van der Waals surface area contributed by atoms with Crippen LogP contribution in [0.4, 0.5) is 0 Å². The highest BCUT2D eigenvalue weighted by Crippen LogP contribution is 2.14. The Balaban J connectivity index is 2.59. The summed E-state index contributed by atoms with van der Waals surface area (Å²) in [7, 11) is 1.35. The first kappa shape index (κ1) is 20.0. The van der Waals surface area contributed by atoms with Crippen LogP contribution in [-0.4, -0.2) is 43.6 Å². The number of methoxy groups -OCH3 is 1. The molecule has 0 aliphatic heterocycles. The van der Waals surface area contributed by atoms with Gasteiger partial charge in [0.2, 0.25) is 0 Å². The minimum Gasteiger partial charge on any atom is -0.484 e. The van der Waals surface area contributed by atoms with Gasteiger partial charge in [-0.05, 0) is 36.5 Å². The van der Waals surface area contributed by atoms with Crippen LogP contribution in [-0.2, 0) is 20.7 Å². The van der Waals surface area contributed by atoms with E-state index in [0.717, 1.165) is 12.8 Å². The van der Waals surface area contributed by atoms with Gasteiger partial charge in [0.25, 0.3) is 5.91 Å². The van der Waals surface area contributed by atoms with E-state index in [2.05, 4.69) is 25.5 Å². The van der Waals surface area contributed by atoms with Gasteiger partial charge in [-0.1, -0.05) is 32.9 Å². The summed E-state index contributed by atoms with van der Waals surface area (Å²) in [4.78, 5) is 25.4. The van der Waals surface area contributed by atoms with Gasteiger partial charge in [0.05, 0.1) is 13.5 Å². The second kappa shape index (κ2) is 10.7. The fourth-order valence-corrected chi connectivity index (χ4v) is 2.20. The van der Waals surface area contributed by atoms with Crippen molar-refractivity contribution >= 4 is 11.9 Å². The van der Waals surface area contributed by atoms with Crippen molar-refractivity contribution in [3.05, 3.63) is 29.8 Å². The van der Waals surface area contributed by atoms with E-state index in [1.165, 1.54) is 12.7 Å². The molecule has 0 aliphatic rings. The maximum Gasteiger partial charge on any atom is 0.307 e. The lowest BCUT2D eigenvalue weighted by atomic mass is 10.1. The van der Waals surface area contributed by atoms with Gasteiger partial charge in [-0.15, -0.1) is 0 Å². The van der Waals surface area contributed by atoms with E-state index in [1.807, 2.05) is 24.3 Å². The van der Waals surface area contributed by atoms with E-state index in [9.17, 15) is 9.59 Å². The van der Waals surface area contributed by atoms with Crippen LogP contribution in [0.2, 0.25) is 0 Å². The van der Waals surface area contributed by atoms with Crippen LogP contribution in [0, 0.1) is 5.92 Å². The second-order valence-electron chi connectivity index (χ2n) is 6.18. The molecule has 0 saturated heterocycles. The molecule has 0 heterocycles. The Bertz CT molecular complexity index is 528. The van der Waals surface area contributed by atoms with Crippen LogP contribution in [0.3, 0.4) is 0 Å². The molecule has 0 aliphatic carbocycles. The van der Waals surface area contributed by atoms with E-state index in [1.54, 1.807) is 4.90 Å². The number of esters is 1. The number of rotatable bonds is 10. The summed E-state index contributed by atoms with van der Waals surface area (Å²) < 4.78 is 10.3. The zero-order chi connectivity index (χ0) is 17.9. The molecule has 0 aromatic heterocycles. The molecule has 0 radical (unpaired) electrons. The number of hydrogen-bond donors (Lipinski definition) is 0. The number of aryl methyl sites for hydroxylation is 1. The first-order valence-corrected chi connectivity index (χ1v) is 8.52. The van der Waals surface area contributed by atoms with Crippen LogP contribution in [0.1, 0.15) is 39.2 Å². The Morgan fingerprint density at radius 2 is 1.96 bits per heavy atom. The second-order valence-corrected chi connectivity index (χ2v) is 6.18. The van der Waals surface area contributed by atoms with Gasteiger partial charge in [-0.25, -0.2) is 0 Å². The summed E-state index contributed by atoms with van der Waals surface area (Å²) in [5, 5.41) is 0. The fourth-order valence-electron chi connectivity index (χ4n) is 2.20.